The number of hydrogen-bond donors (Lipinski definition) is 1. The highest BCUT2D eigenvalue weighted by Gasteiger charge is 1.88. The Hall–Kier alpha value is 0.650. The fraction of sp³-hybridized carbons (Fsp3) is 1.00. The standard InChI is InChI=1S/C4H10INO/c1-6(4-5)2-3-7/h7H,2-4H2,1H3. The van der Waals surface area contributed by atoms with E-state index in [0.717, 1.165) is 11.1 Å². The molecule has 0 aliphatic carbocycles. The third-order valence-electron chi connectivity index (χ3n) is 0.686. The number of likely N-dealkylation sites (N-methyl/N-ethyl adjacent to an activating group) is 1. The molecule has 44 valence electrons. The van der Waals surface area contributed by atoms with Gasteiger partial charge in [0.1, 0.15) is 0 Å². The predicted molar refractivity (Wildman–Crippen MR) is 38.6 cm³/mol. The number of nitrogens with zero attached hydrogens (tertiary/aromatic N) is 1. The average molecular weight is 215 g/mol. The van der Waals surface area contributed by atoms with Gasteiger partial charge in [-0.3, -0.25) is 4.90 Å². The van der Waals surface area contributed by atoms with Crippen LogP contribution in [-0.2, 0) is 0 Å². The molecule has 0 radical (unpaired) electrons. The van der Waals surface area contributed by atoms with Gasteiger partial charge in [-0.2, -0.15) is 0 Å². The summed E-state index contributed by atoms with van der Waals surface area (Å²) in [6.45, 7) is 1.04. The van der Waals surface area contributed by atoms with Crippen molar-refractivity contribution >= 4 is 22.6 Å². The van der Waals surface area contributed by atoms with Crippen molar-refractivity contribution in [1.82, 2.24) is 4.90 Å². The fourth-order valence-corrected chi connectivity index (χ4v) is 0.572. The molecule has 7 heavy (non-hydrogen) atoms. The van der Waals surface area contributed by atoms with E-state index in [4.69, 9.17) is 5.11 Å². The molecular formula is C4H10INO. The second-order valence-electron chi connectivity index (χ2n) is 1.42. The SMILES string of the molecule is CN(CI)CCO. The Bertz CT molecular complexity index is 42.7. The van der Waals surface area contributed by atoms with Crippen molar-refractivity contribution in [3.05, 3.63) is 0 Å². The molecule has 0 fully saturated rings. The van der Waals surface area contributed by atoms with Gasteiger partial charge in [-0.25, -0.2) is 0 Å². The van der Waals surface area contributed by atoms with E-state index < -0.39 is 0 Å². The number of hydrogen-bond acceptors (Lipinski definition) is 2. The van der Waals surface area contributed by atoms with E-state index in [1.54, 1.807) is 0 Å². The monoisotopic (exact) mass is 215 g/mol. The minimum Gasteiger partial charge on any atom is -0.395 e. The van der Waals surface area contributed by atoms with Crippen LogP contribution in [-0.4, -0.2) is 34.8 Å². The zero-order valence-corrected chi connectivity index (χ0v) is 6.55. The van der Waals surface area contributed by atoms with Gasteiger partial charge >= 0.3 is 0 Å². The minimum atomic E-state index is 0.263. The molecule has 0 aliphatic rings. The van der Waals surface area contributed by atoms with Crippen molar-refractivity contribution in [1.29, 1.82) is 0 Å². The first-order chi connectivity index (χ1) is 3.31. The van der Waals surface area contributed by atoms with Gasteiger partial charge in [-0.15, -0.1) is 0 Å². The van der Waals surface area contributed by atoms with Crippen LogP contribution in [0.3, 0.4) is 0 Å². The molecule has 2 nitrogen and oxygen atoms in total. The molecule has 0 spiro atoms. The molecular weight excluding hydrogens is 205 g/mol. The third kappa shape index (κ3) is 4.50. The van der Waals surface area contributed by atoms with Gasteiger partial charge in [0.15, 0.2) is 0 Å². The maximum atomic E-state index is 8.32. The molecule has 0 aromatic heterocycles. The lowest BCUT2D eigenvalue weighted by Crippen LogP contribution is -2.19. The molecule has 3 heteroatoms. The normalized spacial score (nSPS) is 10.3. The largest absolute Gasteiger partial charge is 0.395 e. The summed E-state index contributed by atoms with van der Waals surface area (Å²) in [4.78, 5) is 2.04. The van der Waals surface area contributed by atoms with Gasteiger partial charge in [0, 0.05) is 6.54 Å². The van der Waals surface area contributed by atoms with Crippen LogP contribution < -0.4 is 0 Å². The van der Waals surface area contributed by atoms with E-state index in [2.05, 4.69) is 22.6 Å². The van der Waals surface area contributed by atoms with Crippen LogP contribution in [0.2, 0.25) is 0 Å². The summed E-state index contributed by atoms with van der Waals surface area (Å²) in [5.41, 5.74) is 0. The van der Waals surface area contributed by atoms with Crippen molar-refractivity contribution in [2.75, 3.05) is 24.8 Å². The van der Waals surface area contributed by atoms with E-state index >= 15 is 0 Å². The summed E-state index contributed by atoms with van der Waals surface area (Å²) in [6.07, 6.45) is 0. The molecule has 0 saturated heterocycles. The van der Waals surface area contributed by atoms with Crippen LogP contribution in [0.25, 0.3) is 0 Å². The average Bonchev–Trinajstić information content (AvgIpc) is 1.68. The molecule has 0 rings (SSSR count). The van der Waals surface area contributed by atoms with Crippen LogP contribution in [0.1, 0.15) is 0 Å². The predicted octanol–water partition coefficient (Wildman–Crippen LogP) is 0.303. The van der Waals surface area contributed by atoms with Crippen LogP contribution in [0.15, 0.2) is 0 Å². The summed E-state index contributed by atoms with van der Waals surface area (Å²) < 4.78 is 0.984. The Morgan fingerprint density at radius 2 is 2.29 bits per heavy atom. The topological polar surface area (TPSA) is 23.5 Å². The zero-order chi connectivity index (χ0) is 5.70. The molecule has 0 bridgehead atoms. The number of aliphatic hydroxyl groups excluding tert-OH is 1. The fourth-order valence-electron chi connectivity index (χ4n) is 0.230. The molecule has 0 unspecified atom stereocenters. The summed E-state index contributed by atoms with van der Waals surface area (Å²) in [6, 6.07) is 0. The van der Waals surface area contributed by atoms with Crippen LogP contribution >= 0.6 is 22.6 Å². The van der Waals surface area contributed by atoms with Crippen molar-refractivity contribution in [2.45, 2.75) is 0 Å². The molecule has 0 saturated carbocycles. The van der Waals surface area contributed by atoms with Crippen molar-refractivity contribution < 1.29 is 5.11 Å². The van der Waals surface area contributed by atoms with Gasteiger partial charge in [0.25, 0.3) is 0 Å². The zero-order valence-electron chi connectivity index (χ0n) is 4.39. The molecule has 0 aromatic rings. The number of rotatable bonds is 3. The Balaban J connectivity index is 2.83. The summed E-state index contributed by atoms with van der Waals surface area (Å²) >= 11 is 2.25. The van der Waals surface area contributed by atoms with Gasteiger partial charge in [0.2, 0.25) is 0 Å². The van der Waals surface area contributed by atoms with Crippen molar-refractivity contribution in [3.63, 3.8) is 0 Å². The summed E-state index contributed by atoms with van der Waals surface area (Å²) in [5.74, 6) is 0. The Kier molecular flexibility index (Phi) is 5.25. The number of aliphatic hydroxyl groups is 1. The van der Waals surface area contributed by atoms with Crippen LogP contribution in [0, 0.1) is 0 Å². The molecule has 0 aromatic carbocycles. The Labute approximate surface area is 57.6 Å². The number of halogens is 1. The first kappa shape index (κ1) is 7.65. The first-order valence-corrected chi connectivity index (χ1v) is 3.69. The van der Waals surface area contributed by atoms with E-state index in [9.17, 15) is 0 Å². The second-order valence-corrected chi connectivity index (χ2v) is 2.11. The summed E-state index contributed by atoms with van der Waals surface area (Å²) in [7, 11) is 1.97. The molecule has 0 atom stereocenters. The first-order valence-electron chi connectivity index (χ1n) is 2.16. The van der Waals surface area contributed by atoms with Crippen molar-refractivity contribution in [2.24, 2.45) is 0 Å². The highest BCUT2D eigenvalue weighted by atomic mass is 127. The van der Waals surface area contributed by atoms with E-state index in [1.807, 2.05) is 11.9 Å². The van der Waals surface area contributed by atoms with Gasteiger partial charge in [0.05, 0.1) is 11.2 Å². The lowest BCUT2D eigenvalue weighted by Gasteiger charge is -2.08. The maximum Gasteiger partial charge on any atom is 0.0558 e. The van der Waals surface area contributed by atoms with E-state index in [0.29, 0.717) is 0 Å². The number of alkyl halides is 1. The summed E-state index contributed by atoms with van der Waals surface area (Å²) in [5, 5.41) is 8.32. The maximum absolute atomic E-state index is 8.32. The molecule has 0 aliphatic heterocycles. The molecule has 0 heterocycles. The lowest BCUT2D eigenvalue weighted by atomic mass is 10.6. The van der Waals surface area contributed by atoms with Gasteiger partial charge in [-0.1, -0.05) is 22.6 Å². The van der Waals surface area contributed by atoms with E-state index in [-0.39, 0.29) is 6.61 Å². The Morgan fingerprint density at radius 1 is 1.71 bits per heavy atom. The Morgan fingerprint density at radius 3 is 2.43 bits per heavy atom. The molecule has 0 amide bonds. The van der Waals surface area contributed by atoms with E-state index in [1.165, 1.54) is 0 Å². The molecule has 1 N–H and O–H groups in total. The highest BCUT2D eigenvalue weighted by molar-refractivity contribution is 14.1. The third-order valence-corrected chi connectivity index (χ3v) is 1.85. The minimum absolute atomic E-state index is 0.263. The van der Waals surface area contributed by atoms with Gasteiger partial charge in [-0.05, 0) is 7.05 Å². The quantitative estimate of drug-likeness (QED) is 0.416. The van der Waals surface area contributed by atoms with Crippen LogP contribution in [0.5, 0.6) is 0 Å². The smallest absolute Gasteiger partial charge is 0.0558 e. The lowest BCUT2D eigenvalue weighted by molar-refractivity contribution is 0.241. The van der Waals surface area contributed by atoms with Crippen molar-refractivity contribution in [3.8, 4) is 0 Å². The van der Waals surface area contributed by atoms with Crippen LogP contribution in [0.4, 0.5) is 0 Å². The van der Waals surface area contributed by atoms with Gasteiger partial charge < -0.3 is 5.11 Å². The second kappa shape index (κ2) is 4.80. The highest BCUT2D eigenvalue weighted by Crippen LogP contribution is 1.85.